The molecule has 2 rings (SSSR count). The highest BCUT2D eigenvalue weighted by atomic mass is 79.9. The zero-order valence-electron chi connectivity index (χ0n) is 11.7. The molecule has 0 aromatic heterocycles. The predicted octanol–water partition coefficient (Wildman–Crippen LogP) is 3.97. The highest BCUT2D eigenvalue weighted by Crippen LogP contribution is 2.26. The molecule has 1 heterocycles. The van der Waals surface area contributed by atoms with Crippen LogP contribution in [0.25, 0.3) is 0 Å². The van der Waals surface area contributed by atoms with Crippen LogP contribution in [0.5, 0.6) is 0 Å². The van der Waals surface area contributed by atoms with Gasteiger partial charge in [-0.1, -0.05) is 35.8 Å². The van der Waals surface area contributed by atoms with Gasteiger partial charge in [-0.2, -0.15) is 0 Å². The molecule has 1 aromatic rings. The van der Waals surface area contributed by atoms with Crippen molar-refractivity contribution in [2.45, 2.75) is 19.7 Å². The minimum Gasteiger partial charge on any atom is -0.369 e. The maximum Gasteiger partial charge on any atom is 0.0485 e. The third kappa shape index (κ3) is 4.11. The van der Waals surface area contributed by atoms with E-state index in [0.29, 0.717) is 5.88 Å². The number of hydrogen-bond acceptors (Lipinski definition) is 2. The quantitative estimate of drug-likeness (QED) is 0.762. The van der Waals surface area contributed by atoms with Crippen molar-refractivity contribution in [2.24, 2.45) is 5.92 Å². The van der Waals surface area contributed by atoms with Gasteiger partial charge in [0.1, 0.15) is 0 Å². The molecule has 0 amide bonds. The van der Waals surface area contributed by atoms with Crippen LogP contribution in [-0.4, -0.2) is 37.6 Å². The average molecular weight is 346 g/mol. The van der Waals surface area contributed by atoms with Crippen molar-refractivity contribution in [3.63, 3.8) is 0 Å². The molecule has 1 aliphatic rings. The van der Waals surface area contributed by atoms with E-state index in [1.165, 1.54) is 12.2 Å². The van der Waals surface area contributed by atoms with Gasteiger partial charge in [0.25, 0.3) is 0 Å². The van der Waals surface area contributed by atoms with Crippen molar-refractivity contribution in [3.05, 3.63) is 28.2 Å². The van der Waals surface area contributed by atoms with Crippen molar-refractivity contribution >= 4 is 33.2 Å². The van der Waals surface area contributed by atoms with E-state index in [-0.39, 0.29) is 0 Å². The van der Waals surface area contributed by atoms with Crippen LogP contribution in [0.1, 0.15) is 19.4 Å². The number of rotatable bonds is 4. The summed E-state index contributed by atoms with van der Waals surface area (Å²) in [5.74, 6) is 1.31. The van der Waals surface area contributed by atoms with Crippen molar-refractivity contribution in [3.8, 4) is 0 Å². The zero-order chi connectivity index (χ0) is 13.8. The molecule has 0 aliphatic carbocycles. The van der Waals surface area contributed by atoms with Gasteiger partial charge in [-0.15, -0.1) is 11.6 Å². The largest absolute Gasteiger partial charge is 0.369 e. The van der Waals surface area contributed by atoms with Crippen molar-refractivity contribution in [2.75, 3.05) is 37.6 Å². The number of alkyl halides is 1. The lowest BCUT2D eigenvalue weighted by atomic mass is 10.1. The first-order valence-corrected chi connectivity index (χ1v) is 8.24. The maximum atomic E-state index is 5.89. The summed E-state index contributed by atoms with van der Waals surface area (Å²) in [7, 11) is 0. The molecule has 106 valence electrons. The molecular formula is C15H22BrClN2. The van der Waals surface area contributed by atoms with E-state index >= 15 is 0 Å². The van der Waals surface area contributed by atoms with Gasteiger partial charge in [-0.05, 0) is 23.6 Å². The fourth-order valence-electron chi connectivity index (χ4n) is 2.55. The molecule has 0 radical (unpaired) electrons. The summed E-state index contributed by atoms with van der Waals surface area (Å²) in [6.07, 6.45) is 0. The molecule has 0 saturated carbocycles. The van der Waals surface area contributed by atoms with Gasteiger partial charge >= 0.3 is 0 Å². The normalized spacial score (nSPS) is 17.2. The summed E-state index contributed by atoms with van der Waals surface area (Å²) in [5.41, 5.74) is 2.45. The minimum absolute atomic E-state index is 0.559. The Hall–Kier alpha value is -0.250. The van der Waals surface area contributed by atoms with E-state index in [1.54, 1.807) is 0 Å². The Morgan fingerprint density at radius 2 is 1.89 bits per heavy atom. The molecule has 1 fully saturated rings. The molecule has 0 bridgehead atoms. The molecule has 0 spiro atoms. The summed E-state index contributed by atoms with van der Waals surface area (Å²) < 4.78 is 1.12. The van der Waals surface area contributed by atoms with Crippen molar-refractivity contribution < 1.29 is 0 Å². The van der Waals surface area contributed by atoms with E-state index in [1.807, 2.05) is 0 Å². The second kappa shape index (κ2) is 6.96. The first kappa shape index (κ1) is 15.1. The lowest BCUT2D eigenvalue weighted by molar-refractivity contribution is 0.231. The van der Waals surface area contributed by atoms with Crippen LogP contribution in [0.3, 0.4) is 0 Å². The van der Waals surface area contributed by atoms with Gasteiger partial charge in [0, 0.05) is 48.8 Å². The monoisotopic (exact) mass is 344 g/mol. The van der Waals surface area contributed by atoms with Gasteiger partial charge in [0.15, 0.2) is 0 Å². The van der Waals surface area contributed by atoms with E-state index in [9.17, 15) is 0 Å². The Balaban J connectivity index is 1.96. The van der Waals surface area contributed by atoms with E-state index in [0.717, 1.165) is 42.1 Å². The van der Waals surface area contributed by atoms with Gasteiger partial charge in [0.2, 0.25) is 0 Å². The summed E-state index contributed by atoms with van der Waals surface area (Å²) in [6, 6.07) is 6.49. The molecule has 1 aliphatic heterocycles. The second-order valence-corrected chi connectivity index (χ2v) is 6.71. The van der Waals surface area contributed by atoms with Gasteiger partial charge in [-0.3, -0.25) is 4.90 Å². The molecule has 2 nitrogen and oxygen atoms in total. The van der Waals surface area contributed by atoms with Crippen LogP contribution in [-0.2, 0) is 5.88 Å². The number of halogens is 2. The standard InChI is InChI=1S/C15H22BrClN2/c1-12(2)11-18-5-7-19(8-6-18)14-4-3-13(10-17)15(16)9-14/h3-4,9,12H,5-8,10-11H2,1-2H3. The third-order valence-corrected chi connectivity index (χ3v) is 4.57. The van der Waals surface area contributed by atoms with Gasteiger partial charge in [0.05, 0.1) is 0 Å². The first-order chi connectivity index (χ1) is 9.10. The number of hydrogen-bond donors (Lipinski definition) is 0. The number of benzene rings is 1. The summed E-state index contributed by atoms with van der Waals surface area (Å²) >= 11 is 9.48. The highest BCUT2D eigenvalue weighted by Gasteiger charge is 2.18. The Morgan fingerprint density at radius 1 is 1.21 bits per heavy atom. The van der Waals surface area contributed by atoms with Crippen LogP contribution in [0.15, 0.2) is 22.7 Å². The Labute approximate surface area is 129 Å². The second-order valence-electron chi connectivity index (χ2n) is 5.59. The SMILES string of the molecule is CC(C)CN1CCN(c2ccc(CCl)c(Br)c2)CC1. The minimum atomic E-state index is 0.559. The summed E-state index contributed by atoms with van der Waals surface area (Å²) in [6.45, 7) is 10.3. The smallest absolute Gasteiger partial charge is 0.0485 e. The van der Waals surface area contributed by atoms with E-state index in [2.05, 4.69) is 57.8 Å². The molecule has 19 heavy (non-hydrogen) atoms. The topological polar surface area (TPSA) is 6.48 Å². The number of nitrogens with zero attached hydrogens (tertiary/aromatic N) is 2. The fraction of sp³-hybridized carbons (Fsp3) is 0.600. The lowest BCUT2D eigenvalue weighted by Gasteiger charge is -2.37. The maximum absolute atomic E-state index is 5.89. The number of piperazine rings is 1. The van der Waals surface area contributed by atoms with E-state index in [4.69, 9.17) is 11.6 Å². The molecule has 0 unspecified atom stereocenters. The molecule has 1 aromatic carbocycles. The Bertz CT molecular complexity index is 415. The molecule has 0 atom stereocenters. The first-order valence-electron chi connectivity index (χ1n) is 6.92. The third-order valence-electron chi connectivity index (χ3n) is 3.54. The molecule has 4 heteroatoms. The highest BCUT2D eigenvalue weighted by molar-refractivity contribution is 9.10. The van der Waals surface area contributed by atoms with Crippen LogP contribution in [0.2, 0.25) is 0 Å². The molecule has 1 saturated heterocycles. The Morgan fingerprint density at radius 3 is 2.42 bits per heavy atom. The molecule has 0 N–H and O–H groups in total. The van der Waals surface area contributed by atoms with Crippen molar-refractivity contribution in [1.29, 1.82) is 0 Å². The summed E-state index contributed by atoms with van der Waals surface area (Å²) in [4.78, 5) is 5.02. The Kier molecular flexibility index (Phi) is 5.55. The van der Waals surface area contributed by atoms with Gasteiger partial charge < -0.3 is 4.90 Å². The average Bonchev–Trinajstić information content (AvgIpc) is 2.39. The molecular weight excluding hydrogens is 324 g/mol. The van der Waals surface area contributed by atoms with Crippen LogP contribution >= 0.6 is 27.5 Å². The predicted molar refractivity (Wildman–Crippen MR) is 87.2 cm³/mol. The van der Waals surface area contributed by atoms with Crippen LogP contribution < -0.4 is 4.90 Å². The van der Waals surface area contributed by atoms with Crippen LogP contribution in [0.4, 0.5) is 5.69 Å². The fourth-order valence-corrected chi connectivity index (χ4v) is 3.45. The van der Waals surface area contributed by atoms with Crippen LogP contribution in [0, 0.1) is 5.92 Å². The van der Waals surface area contributed by atoms with Crippen molar-refractivity contribution in [1.82, 2.24) is 4.90 Å². The number of anilines is 1. The lowest BCUT2D eigenvalue weighted by Crippen LogP contribution is -2.47. The zero-order valence-corrected chi connectivity index (χ0v) is 14.0. The van der Waals surface area contributed by atoms with E-state index < -0.39 is 0 Å². The van der Waals surface area contributed by atoms with Gasteiger partial charge in [-0.25, -0.2) is 0 Å². The summed E-state index contributed by atoms with van der Waals surface area (Å²) in [5, 5.41) is 0.